The number of ether oxygens (including phenoxy) is 2. The summed E-state index contributed by atoms with van der Waals surface area (Å²) < 4.78 is 10.0. The maximum atomic E-state index is 12.4. The van der Waals surface area contributed by atoms with Crippen molar-refractivity contribution in [1.29, 1.82) is 0 Å². The SMILES string of the molecule is CCOC(=O)C1=C(N)NC(C)=C(C(=O)OC)C1c1ccc(C)cc1. The van der Waals surface area contributed by atoms with Crippen molar-refractivity contribution in [1.82, 2.24) is 5.32 Å². The van der Waals surface area contributed by atoms with E-state index in [0.717, 1.165) is 11.1 Å². The van der Waals surface area contributed by atoms with E-state index in [0.29, 0.717) is 11.3 Å². The molecule has 0 aliphatic carbocycles. The maximum absolute atomic E-state index is 12.4. The molecule has 1 unspecified atom stereocenters. The number of dihydropyridines is 1. The Kier molecular flexibility index (Phi) is 5.28. The van der Waals surface area contributed by atoms with Crippen LogP contribution in [0, 0.1) is 6.92 Å². The van der Waals surface area contributed by atoms with E-state index < -0.39 is 17.9 Å². The molecule has 1 aromatic rings. The first-order valence-electron chi connectivity index (χ1n) is 7.70. The van der Waals surface area contributed by atoms with Crippen LogP contribution in [0.2, 0.25) is 0 Å². The number of methoxy groups -OCH3 is 1. The second kappa shape index (κ2) is 7.21. The van der Waals surface area contributed by atoms with Gasteiger partial charge in [-0.05, 0) is 26.3 Å². The summed E-state index contributed by atoms with van der Waals surface area (Å²) in [5.41, 5.74) is 9.00. The van der Waals surface area contributed by atoms with Crippen molar-refractivity contribution >= 4 is 11.9 Å². The smallest absolute Gasteiger partial charge is 0.338 e. The van der Waals surface area contributed by atoms with Gasteiger partial charge in [-0.3, -0.25) is 0 Å². The highest BCUT2D eigenvalue weighted by atomic mass is 16.5. The largest absolute Gasteiger partial charge is 0.466 e. The third kappa shape index (κ3) is 3.27. The van der Waals surface area contributed by atoms with Crippen molar-refractivity contribution in [2.75, 3.05) is 13.7 Å². The topological polar surface area (TPSA) is 90.6 Å². The summed E-state index contributed by atoms with van der Waals surface area (Å²) in [4.78, 5) is 24.8. The summed E-state index contributed by atoms with van der Waals surface area (Å²) in [6.45, 7) is 5.62. The summed E-state index contributed by atoms with van der Waals surface area (Å²) in [5, 5.41) is 2.88. The molecule has 0 aromatic heterocycles. The molecule has 2 rings (SSSR count). The zero-order valence-corrected chi connectivity index (χ0v) is 14.3. The molecule has 0 radical (unpaired) electrons. The predicted octanol–water partition coefficient (Wildman–Crippen LogP) is 1.86. The third-order valence-corrected chi connectivity index (χ3v) is 3.91. The first kappa shape index (κ1) is 17.6. The number of carbonyl (C=O) groups excluding carboxylic acids is 2. The lowest BCUT2D eigenvalue weighted by Gasteiger charge is -2.29. The van der Waals surface area contributed by atoms with Gasteiger partial charge in [0, 0.05) is 5.70 Å². The Morgan fingerprint density at radius 3 is 2.29 bits per heavy atom. The van der Waals surface area contributed by atoms with E-state index >= 15 is 0 Å². The van der Waals surface area contributed by atoms with Crippen LogP contribution >= 0.6 is 0 Å². The van der Waals surface area contributed by atoms with Gasteiger partial charge in [0.25, 0.3) is 0 Å². The lowest BCUT2D eigenvalue weighted by Crippen LogP contribution is -2.36. The molecule has 3 N–H and O–H groups in total. The molecule has 1 aromatic carbocycles. The number of rotatable bonds is 4. The number of aryl methyl sites for hydroxylation is 1. The van der Waals surface area contributed by atoms with E-state index in [1.165, 1.54) is 7.11 Å². The van der Waals surface area contributed by atoms with Crippen LogP contribution in [-0.4, -0.2) is 25.7 Å². The van der Waals surface area contributed by atoms with Crippen molar-refractivity contribution in [3.8, 4) is 0 Å². The summed E-state index contributed by atoms with van der Waals surface area (Å²) in [6, 6.07) is 7.57. The molecule has 0 spiro atoms. The number of hydrogen-bond donors (Lipinski definition) is 2. The molecule has 1 aliphatic rings. The molecule has 0 fully saturated rings. The molecule has 0 bridgehead atoms. The maximum Gasteiger partial charge on any atom is 0.338 e. The van der Waals surface area contributed by atoms with E-state index in [-0.39, 0.29) is 18.0 Å². The number of carbonyl (C=O) groups is 2. The molecule has 1 atom stereocenters. The average molecular weight is 330 g/mol. The van der Waals surface area contributed by atoms with Crippen LogP contribution in [-0.2, 0) is 19.1 Å². The van der Waals surface area contributed by atoms with Gasteiger partial charge in [0.2, 0.25) is 0 Å². The van der Waals surface area contributed by atoms with Crippen molar-refractivity contribution in [3.05, 3.63) is 58.1 Å². The van der Waals surface area contributed by atoms with Crippen LogP contribution in [0.3, 0.4) is 0 Å². The molecule has 6 nitrogen and oxygen atoms in total. The van der Waals surface area contributed by atoms with E-state index in [4.69, 9.17) is 15.2 Å². The number of nitrogens with one attached hydrogen (secondary N) is 1. The van der Waals surface area contributed by atoms with Crippen LogP contribution in [0.25, 0.3) is 0 Å². The Hall–Kier alpha value is -2.76. The van der Waals surface area contributed by atoms with Gasteiger partial charge in [-0.25, -0.2) is 9.59 Å². The number of allylic oxidation sites excluding steroid dienone is 1. The zero-order valence-electron chi connectivity index (χ0n) is 14.3. The Balaban J connectivity index is 2.63. The van der Waals surface area contributed by atoms with Crippen LogP contribution in [0.4, 0.5) is 0 Å². The molecular formula is C18H22N2O4. The molecule has 6 heteroatoms. The Morgan fingerprint density at radius 1 is 1.12 bits per heavy atom. The molecule has 0 saturated heterocycles. The highest BCUT2D eigenvalue weighted by molar-refractivity contribution is 5.99. The molecule has 24 heavy (non-hydrogen) atoms. The summed E-state index contributed by atoms with van der Waals surface area (Å²) in [5.74, 6) is -1.52. The van der Waals surface area contributed by atoms with Crippen molar-refractivity contribution in [2.24, 2.45) is 5.73 Å². The van der Waals surface area contributed by atoms with E-state index in [1.54, 1.807) is 13.8 Å². The second-order valence-corrected chi connectivity index (χ2v) is 5.55. The van der Waals surface area contributed by atoms with E-state index in [9.17, 15) is 9.59 Å². The Bertz CT molecular complexity index is 717. The van der Waals surface area contributed by atoms with Crippen LogP contribution in [0.1, 0.15) is 30.9 Å². The molecule has 0 saturated carbocycles. The fraction of sp³-hybridized carbons (Fsp3) is 0.333. The van der Waals surface area contributed by atoms with Gasteiger partial charge >= 0.3 is 11.9 Å². The molecule has 1 heterocycles. The zero-order chi connectivity index (χ0) is 17.9. The highest BCUT2D eigenvalue weighted by Gasteiger charge is 2.38. The van der Waals surface area contributed by atoms with Gasteiger partial charge in [0.1, 0.15) is 5.82 Å². The van der Waals surface area contributed by atoms with Crippen LogP contribution in [0.15, 0.2) is 46.9 Å². The molecule has 128 valence electrons. The van der Waals surface area contributed by atoms with Gasteiger partial charge in [-0.15, -0.1) is 0 Å². The Morgan fingerprint density at radius 2 is 1.75 bits per heavy atom. The van der Waals surface area contributed by atoms with Crippen molar-refractivity contribution < 1.29 is 19.1 Å². The van der Waals surface area contributed by atoms with Gasteiger partial charge in [0.15, 0.2) is 0 Å². The van der Waals surface area contributed by atoms with E-state index in [2.05, 4.69) is 5.32 Å². The third-order valence-electron chi connectivity index (χ3n) is 3.91. The average Bonchev–Trinajstić information content (AvgIpc) is 2.54. The van der Waals surface area contributed by atoms with Crippen LogP contribution in [0.5, 0.6) is 0 Å². The Labute approximate surface area is 141 Å². The minimum Gasteiger partial charge on any atom is -0.466 e. The minimum atomic E-state index is -0.640. The summed E-state index contributed by atoms with van der Waals surface area (Å²) >= 11 is 0. The predicted molar refractivity (Wildman–Crippen MR) is 89.6 cm³/mol. The van der Waals surface area contributed by atoms with Gasteiger partial charge < -0.3 is 20.5 Å². The molecule has 0 amide bonds. The standard InChI is InChI=1S/C18H22N2O4/c1-5-24-18(22)15-14(12-8-6-10(2)7-9-12)13(17(21)23-4)11(3)20-16(15)19/h6-9,14,20H,5,19H2,1-4H3. The fourth-order valence-corrected chi connectivity index (χ4v) is 2.76. The molecular weight excluding hydrogens is 308 g/mol. The summed E-state index contributed by atoms with van der Waals surface area (Å²) in [6.07, 6.45) is 0. The van der Waals surface area contributed by atoms with Gasteiger partial charge in [-0.1, -0.05) is 29.8 Å². The highest BCUT2D eigenvalue weighted by Crippen LogP contribution is 2.38. The lowest BCUT2D eigenvalue weighted by atomic mass is 9.81. The first-order valence-corrected chi connectivity index (χ1v) is 7.70. The lowest BCUT2D eigenvalue weighted by molar-refractivity contribution is -0.139. The van der Waals surface area contributed by atoms with Crippen LogP contribution < -0.4 is 11.1 Å². The number of hydrogen-bond acceptors (Lipinski definition) is 6. The quantitative estimate of drug-likeness (QED) is 0.819. The minimum absolute atomic E-state index is 0.184. The monoisotopic (exact) mass is 330 g/mol. The summed E-state index contributed by atoms with van der Waals surface area (Å²) in [7, 11) is 1.31. The van der Waals surface area contributed by atoms with Crippen molar-refractivity contribution in [3.63, 3.8) is 0 Å². The number of nitrogens with two attached hydrogens (primary N) is 1. The van der Waals surface area contributed by atoms with E-state index in [1.807, 2.05) is 31.2 Å². The number of benzene rings is 1. The second-order valence-electron chi connectivity index (χ2n) is 5.55. The van der Waals surface area contributed by atoms with Gasteiger partial charge in [-0.2, -0.15) is 0 Å². The van der Waals surface area contributed by atoms with Gasteiger partial charge in [0.05, 0.1) is 30.8 Å². The molecule has 1 aliphatic heterocycles. The van der Waals surface area contributed by atoms with Crippen molar-refractivity contribution in [2.45, 2.75) is 26.7 Å². The fourth-order valence-electron chi connectivity index (χ4n) is 2.76. The number of esters is 2. The first-order chi connectivity index (χ1) is 11.4. The normalized spacial score (nSPS) is 17.4.